The van der Waals surface area contributed by atoms with E-state index in [0.29, 0.717) is 13.2 Å². The first-order chi connectivity index (χ1) is 13.0. The number of carbonyl (C=O) groups excluding carboxylic acids is 2. The summed E-state index contributed by atoms with van der Waals surface area (Å²) >= 11 is 0. The lowest BCUT2D eigenvalue weighted by atomic mass is 10.1. The second-order valence-corrected chi connectivity index (χ2v) is 7.30. The third-order valence-electron chi connectivity index (χ3n) is 5.20. The van der Waals surface area contributed by atoms with Crippen molar-refractivity contribution in [3.05, 3.63) is 29.3 Å². The van der Waals surface area contributed by atoms with E-state index in [1.807, 2.05) is 36.9 Å². The molecule has 0 bridgehead atoms. The minimum Gasteiger partial charge on any atom is -0.483 e. The maximum atomic E-state index is 13.0. The summed E-state index contributed by atoms with van der Waals surface area (Å²) in [5.41, 5.74) is 2.05. The molecule has 0 heterocycles. The lowest BCUT2D eigenvalue weighted by molar-refractivity contribution is -0.145. The molecule has 0 aliphatic heterocycles. The Hall–Kier alpha value is -2.04. The lowest BCUT2D eigenvalue weighted by Crippen LogP contribution is -2.44. The third kappa shape index (κ3) is 6.56. The van der Waals surface area contributed by atoms with E-state index in [1.54, 1.807) is 6.92 Å². The summed E-state index contributed by atoms with van der Waals surface area (Å²) in [4.78, 5) is 26.6. The number of rotatable bonds is 8. The standard InChI is InChI=1S/C22H33NO4/c1-4-26-21(25)14-15-23(19-12-7-5-6-8-13-19)20(24)16-27-22-17(2)10-9-11-18(22)3/h9-11,19H,4-8,12-16H2,1-3H3. The summed E-state index contributed by atoms with van der Waals surface area (Å²) in [6.07, 6.45) is 6.93. The van der Waals surface area contributed by atoms with Crippen molar-refractivity contribution in [1.82, 2.24) is 4.90 Å². The number of esters is 1. The average Bonchev–Trinajstić information content (AvgIpc) is 2.91. The molecule has 0 atom stereocenters. The van der Waals surface area contributed by atoms with Gasteiger partial charge in [-0.3, -0.25) is 9.59 Å². The largest absolute Gasteiger partial charge is 0.483 e. The van der Waals surface area contributed by atoms with Crippen molar-refractivity contribution in [1.29, 1.82) is 0 Å². The van der Waals surface area contributed by atoms with Gasteiger partial charge in [-0.1, -0.05) is 43.9 Å². The number of nitrogens with zero attached hydrogens (tertiary/aromatic N) is 1. The van der Waals surface area contributed by atoms with Crippen LogP contribution in [-0.4, -0.2) is 42.6 Å². The fourth-order valence-electron chi connectivity index (χ4n) is 3.77. The van der Waals surface area contributed by atoms with Gasteiger partial charge in [0.05, 0.1) is 13.0 Å². The van der Waals surface area contributed by atoms with Gasteiger partial charge in [0.1, 0.15) is 5.75 Å². The Morgan fingerprint density at radius 2 is 1.70 bits per heavy atom. The van der Waals surface area contributed by atoms with Gasteiger partial charge in [0, 0.05) is 12.6 Å². The highest BCUT2D eigenvalue weighted by atomic mass is 16.5. The molecular weight excluding hydrogens is 342 g/mol. The van der Waals surface area contributed by atoms with Crippen LogP contribution in [0, 0.1) is 13.8 Å². The SMILES string of the molecule is CCOC(=O)CCN(C(=O)COc1c(C)cccc1C)C1CCCCCC1. The fraction of sp³-hybridized carbons (Fsp3) is 0.636. The molecule has 1 saturated carbocycles. The van der Waals surface area contributed by atoms with E-state index in [2.05, 4.69) is 0 Å². The van der Waals surface area contributed by atoms with Gasteiger partial charge in [-0.15, -0.1) is 0 Å². The Balaban J connectivity index is 2.03. The minimum atomic E-state index is -0.250. The number of hydrogen-bond acceptors (Lipinski definition) is 4. The fourth-order valence-corrected chi connectivity index (χ4v) is 3.77. The van der Waals surface area contributed by atoms with Crippen molar-refractivity contribution in [3.8, 4) is 5.75 Å². The molecule has 0 N–H and O–H groups in total. The second-order valence-electron chi connectivity index (χ2n) is 7.30. The summed E-state index contributed by atoms with van der Waals surface area (Å²) < 4.78 is 10.9. The zero-order chi connectivity index (χ0) is 19.6. The van der Waals surface area contributed by atoms with Gasteiger partial charge in [0.15, 0.2) is 6.61 Å². The molecule has 27 heavy (non-hydrogen) atoms. The van der Waals surface area contributed by atoms with Crippen LogP contribution in [0.15, 0.2) is 18.2 Å². The van der Waals surface area contributed by atoms with E-state index in [0.717, 1.165) is 42.6 Å². The zero-order valence-corrected chi connectivity index (χ0v) is 17.0. The Labute approximate surface area is 163 Å². The lowest BCUT2D eigenvalue weighted by Gasteiger charge is -2.31. The molecule has 0 saturated heterocycles. The summed E-state index contributed by atoms with van der Waals surface area (Å²) in [6.45, 7) is 6.53. The van der Waals surface area contributed by atoms with Crippen molar-refractivity contribution >= 4 is 11.9 Å². The summed E-state index contributed by atoms with van der Waals surface area (Å²) in [5, 5.41) is 0. The quantitative estimate of drug-likeness (QED) is 0.505. The molecule has 0 spiro atoms. The first-order valence-corrected chi connectivity index (χ1v) is 10.2. The summed E-state index contributed by atoms with van der Waals surface area (Å²) in [7, 11) is 0. The van der Waals surface area contributed by atoms with Gasteiger partial charge in [0.25, 0.3) is 5.91 Å². The first kappa shape index (κ1) is 21.3. The van der Waals surface area contributed by atoms with Crippen LogP contribution in [-0.2, 0) is 14.3 Å². The predicted octanol–water partition coefficient (Wildman–Crippen LogP) is 4.19. The number of ether oxygens (including phenoxy) is 2. The van der Waals surface area contributed by atoms with Crippen LogP contribution >= 0.6 is 0 Å². The molecule has 1 amide bonds. The monoisotopic (exact) mass is 375 g/mol. The van der Waals surface area contributed by atoms with Crippen LogP contribution in [0.25, 0.3) is 0 Å². The van der Waals surface area contributed by atoms with Crippen LogP contribution in [0.3, 0.4) is 0 Å². The van der Waals surface area contributed by atoms with Crippen LogP contribution in [0.1, 0.15) is 63.0 Å². The molecule has 1 aromatic carbocycles. The molecule has 2 rings (SSSR count). The molecule has 0 aromatic heterocycles. The average molecular weight is 376 g/mol. The highest BCUT2D eigenvalue weighted by molar-refractivity contribution is 5.79. The molecule has 1 aromatic rings. The van der Waals surface area contributed by atoms with Crippen LogP contribution in [0.4, 0.5) is 0 Å². The van der Waals surface area contributed by atoms with Crippen molar-refractivity contribution in [3.63, 3.8) is 0 Å². The predicted molar refractivity (Wildman–Crippen MR) is 106 cm³/mol. The van der Waals surface area contributed by atoms with E-state index in [9.17, 15) is 9.59 Å². The number of benzene rings is 1. The molecule has 5 nitrogen and oxygen atoms in total. The highest BCUT2D eigenvalue weighted by Gasteiger charge is 2.26. The topological polar surface area (TPSA) is 55.8 Å². The van der Waals surface area contributed by atoms with Gasteiger partial charge in [0.2, 0.25) is 0 Å². The number of para-hydroxylation sites is 1. The maximum absolute atomic E-state index is 13.0. The van der Waals surface area contributed by atoms with E-state index in [1.165, 1.54) is 12.8 Å². The van der Waals surface area contributed by atoms with Crippen LogP contribution in [0.5, 0.6) is 5.75 Å². The third-order valence-corrected chi connectivity index (χ3v) is 5.20. The number of aryl methyl sites for hydroxylation is 2. The molecule has 1 aliphatic carbocycles. The highest BCUT2D eigenvalue weighted by Crippen LogP contribution is 2.24. The molecule has 1 fully saturated rings. The Bertz CT molecular complexity index is 600. The maximum Gasteiger partial charge on any atom is 0.307 e. The van der Waals surface area contributed by atoms with Gasteiger partial charge in [-0.05, 0) is 44.7 Å². The number of carbonyl (C=O) groups is 2. The smallest absolute Gasteiger partial charge is 0.307 e. The van der Waals surface area contributed by atoms with E-state index in [-0.39, 0.29) is 30.9 Å². The van der Waals surface area contributed by atoms with Crippen LogP contribution < -0.4 is 4.74 Å². The molecule has 150 valence electrons. The molecule has 5 heteroatoms. The van der Waals surface area contributed by atoms with Gasteiger partial charge in [-0.25, -0.2) is 0 Å². The van der Waals surface area contributed by atoms with Crippen molar-refractivity contribution in [2.24, 2.45) is 0 Å². The molecule has 1 aliphatic rings. The van der Waals surface area contributed by atoms with Gasteiger partial charge >= 0.3 is 5.97 Å². The van der Waals surface area contributed by atoms with Crippen molar-refractivity contribution in [2.45, 2.75) is 71.8 Å². The Kier molecular flexibility index (Phi) is 8.62. The summed E-state index contributed by atoms with van der Waals surface area (Å²) in [6, 6.07) is 6.14. The normalized spacial score (nSPS) is 15.1. The van der Waals surface area contributed by atoms with Crippen LogP contribution in [0.2, 0.25) is 0 Å². The Morgan fingerprint density at radius 1 is 1.07 bits per heavy atom. The zero-order valence-electron chi connectivity index (χ0n) is 17.0. The van der Waals surface area contributed by atoms with E-state index < -0.39 is 0 Å². The molecule has 0 unspecified atom stereocenters. The van der Waals surface area contributed by atoms with Crippen molar-refractivity contribution in [2.75, 3.05) is 19.8 Å². The van der Waals surface area contributed by atoms with Gasteiger partial charge < -0.3 is 14.4 Å². The first-order valence-electron chi connectivity index (χ1n) is 10.2. The Morgan fingerprint density at radius 3 is 2.30 bits per heavy atom. The summed E-state index contributed by atoms with van der Waals surface area (Å²) in [5.74, 6) is 0.477. The van der Waals surface area contributed by atoms with E-state index in [4.69, 9.17) is 9.47 Å². The van der Waals surface area contributed by atoms with E-state index >= 15 is 0 Å². The number of amides is 1. The second kappa shape index (κ2) is 11.0. The number of hydrogen-bond donors (Lipinski definition) is 0. The minimum absolute atomic E-state index is 0.00498. The molecule has 0 radical (unpaired) electrons. The molecular formula is C22H33NO4. The van der Waals surface area contributed by atoms with Gasteiger partial charge in [-0.2, -0.15) is 0 Å². The van der Waals surface area contributed by atoms with Crippen molar-refractivity contribution < 1.29 is 19.1 Å².